The lowest BCUT2D eigenvalue weighted by molar-refractivity contribution is 0.763. The van der Waals surface area contributed by atoms with Gasteiger partial charge in [0.1, 0.15) is 0 Å². The zero-order valence-corrected chi connectivity index (χ0v) is 8.22. The first-order valence-electron chi connectivity index (χ1n) is 5.19. The van der Waals surface area contributed by atoms with Gasteiger partial charge in [0.05, 0.1) is 0 Å². The molecule has 13 heavy (non-hydrogen) atoms. The van der Waals surface area contributed by atoms with E-state index >= 15 is 0 Å². The van der Waals surface area contributed by atoms with Crippen LogP contribution in [0, 0.1) is 0 Å². The fraction of sp³-hybridized carbons (Fsp3) is 0.500. The molecule has 2 rings (SSSR count). The van der Waals surface area contributed by atoms with Gasteiger partial charge in [-0.2, -0.15) is 0 Å². The maximum Gasteiger partial charge on any atom is 0.00206 e. The van der Waals surface area contributed by atoms with Gasteiger partial charge in [0.2, 0.25) is 0 Å². The Morgan fingerprint density at radius 3 is 2.62 bits per heavy atom. The van der Waals surface area contributed by atoms with E-state index in [9.17, 15) is 0 Å². The normalized spacial score (nSPS) is 22.1. The zero-order chi connectivity index (χ0) is 9.10. The Bertz CT molecular complexity index is 257. The van der Waals surface area contributed by atoms with Crippen LogP contribution in [0.5, 0.6) is 0 Å². The first-order valence-corrected chi connectivity index (χ1v) is 5.19. The Kier molecular flexibility index (Phi) is 2.65. The maximum atomic E-state index is 3.40. The number of hydrogen-bond acceptors (Lipinski definition) is 1. The molecule has 0 aliphatic carbocycles. The molecule has 0 amide bonds. The van der Waals surface area contributed by atoms with Crippen LogP contribution in [0.1, 0.15) is 30.4 Å². The maximum absolute atomic E-state index is 3.40. The van der Waals surface area contributed by atoms with E-state index in [0.717, 1.165) is 18.9 Å². The third-order valence-corrected chi connectivity index (χ3v) is 2.92. The second-order valence-corrected chi connectivity index (χ2v) is 3.78. The fourth-order valence-electron chi connectivity index (χ4n) is 1.96. The molecule has 0 aromatic heterocycles. The third-order valence-electron chi connectivity index (χ3n) is 2.92. The molecule has 1 aliphatic heterocycles. The molecule has 0 radical (unpaired) electrons. The van der Waals surface area contributed by atoms with Gasteiger partial charge in [-0.25, -0.2) is 0 Å². The lowest BCUT2D eigenvalue weighted by Gasteiger charge is -2.08. The first kappa shape index (κ1) is 8.76. The summed E-state index contributed by atoms with van der Waals surface area (Å²) in [7, 11) is 0. The van der Waals surface area contributed by atoms with E-state index in [1.165, 1.54) is 24.1 Å². The molecule has 70 valence electrons. The highest BCUT2D eigenvalue weighted by molar-refractivity contribution is 5.26. The van der Waals surface area contributed by atoms with Gasteiger partial charge >= 0.3 is 0 Å². The van der Waals surface area contributed by atoms with Crippen molar-refractivity contribution in [3.05, 3.63) is 35.4 Å². The molecule has 1 N–H and O–H groups in total. The molecule has 1 aliphatic rings. The lowest BCUT2D eigenvalue weighted by atomic mass is 9.97. The zero-order valence-electron chi connectivity index (χ0n) is 8.22. The van der Waals surface area contributed by atoms with Crippen molar-refractivity contribution < 1.29 is 0 Å². The van der Waals surface area contributed by atoms with Crippen LogP contribution in [-0.2, 0) is 6.42 Å². The quantitative estimate of drug-likeness (QED) is 0.727. The van der Waals surface area contributed by atoms with Crippen LogP contribution in [0.25, 0.3) is 0 Å². The first-order chi connectivity index (χ1) is 6.40. The van der Waals surface area contributed by atoms with Crippen LogP contribution >= 0.6 is 0 Å². The minimum absolute atomic E-state index is 0.755. The molecule has 1 aromatic carbocycles. The molecule has 1 atom stereocenters. The predicted octanol–water partition coefficient (Wildman–Crippen LogP) is 2.33. The summed E-state index contributed by atoms with van der Waals surface area (Å²) in [5.41, 5.74) is 2.94. The van der Waals surface area contributed by atoms with Crippen LogP contribution in [0.2, 0.25) is 0 Å². The van der Waals surface area contributed by atoms with E-state index in [4.69, 9.17) is 0 Å². The summed E-state index contributed by atoms with van der Waals surface area (Å²) in [6.07, 6.45) is 2.44. The minimum atomic E-state index is 0.755. The second kappa shape index (κ2) is 3.93. The molecule has 0 bridgehead atoms. The lowest BCUT2D eigenvalue weighted by Crippen LogP contribution is -2.07. The van der Waals surface area contributed by atoms with Gasteiger partial charge in [0, 0.05) is 6.54 Å². The second-order valence-electron chi connectivity index (χ2n) is 3.78. The van der Waals surface area contributed by atoms with Gasteiger partial charge in [-0.15, -0.1) is 0 Å². The van der Waals surface area contributed by atoms with Gasteiger partial charge in [-0.05, 0) is 36.4 Å². The Balaban J connectivity index is 2.12. The van der Waals surface area contributed by atoms with Crippen molar-refractivity contribution in [3.8, 4) is 0 Å². The predicted molar refractivity (Wildman–Crippen MR) is 56.0 cm³/mol. The van der Waals surface area contributed by atoms with Crippen molar-refractivity contribution in [3.63, 3.8) is 0 Å². The largest absolute Gasteiger partial charge is 0.316 e. The van der Waals surface area contributed by atoms with Crippen molar-refractivity contribution in [1.29, 1.82) is 0 Å². The summed E-state index contributed by atoms with van der Waals surface area (Å²) in [6.45, 7) is 4.54. The fourth-order valence-corrected chi connectivity index (χ4v) is 1.96. The Hall–Kier alpha value is -0.820. The van der Waals surface area contributed by atoms with Crippen LogP contribution in [0.15, 0.2) is 24.3 Å². The average Bonchev–Trinajstić information content (AvgIpc) is 2.71. The van der Waals surface area contributed by atoms with Crippen molar-refractivity contribution in [1.82, 2.24) is 5.32 Å². The molecule has 1 fully saturated rings. The Labute approximate surface area is 80.2 Å². The van der Waals surface area contributed by atoms with Gasteiger partial charge in [0.25, 0.3) is 0 Å². The monoisotopic (exact) mass is 175 g/mol. The van der Waals surface area contributed by atoms with E-state index in [1.807, 2.05) is 0 Å². The van der Waals surface area contributed by atoms with Crippen molar-refractivity contribution >= 4 is 0 Å². The molecule has 1 heteroatoms. The van der Waals surface area contributed by atoms with Gasteiger partial charge in [0.15, 0.2) is 0 Å². The molecule has 1 heterocycles. The van der Waals surface area contributed by atoms with E-state index < -0.39 is 0 Å². The van der Waals surface area contributed by atoms with Crippen molar-refractivity contribution in [2.24, 2.45) is 0 Å². The summed E-state index contributed by atoms with van der Waals surface area (Å²) in [6, 6.07) is 9.09. The number of rotatable bonds is 2. The SMILES string of the molecule is CCc1ccc([C@@H]2CCNC2)cc1. The number of benzene rings is 1. The summed E-state index contributed by atoms with van der Waals surface area (Å²) in [5.74, 6) is 0.755. The topological polar surface area (TPSA) is 12.0 Å². The summed E-state index contributed by atoms with van der Waals surface area (Å²) < 4.78 is 0. The van der Waals surface area contributed by atoms with Crippen molar-refractivity contribution in [2.45, 2.75) is 25.7 Å². The Morgan fingerprint density at radius 1 is 1.31 bits per heavy atom. The molecule has 0 unspecified atom stereocenters. The summed E-state index contributed by atoms with van der Waals surface area (Å²) >= 11 is 0. The van der Waals surface area contributed by atoms with Crippen molar-refractivity contribution in [2.75, 3.05) is 13.1 Å². The molecule has 0 spiro atoms. The Morgan fingerprint density at radius 2 is 2.08 bits per heavy atom. The minimum Gasteiger partial charge on any atom is -0.316 e. The highest BCUT2D eigenvalue weighted by Gasteiger charge is 2.15. The number of hydrogen-bond donors (Lipinski definition) is 1. The standard InChI is InChI=1S/C12H17N/c1-2-10-3-5-11(6-4-10)12-7-8-13-9-12/h3-6,12-13H,2,7-9H2,1H3/t12-/m1/s1. The average molecular weight is 175 g/mol. The molecule has 1 saturated heterocycles. The molecular weight excluding hydrogens is 158 g/mol. The summed E-state index contributed by atoms with van der Waals surface area (Å²) in [5, 5.41) is 3.40. The van der Waals surface area contributed by atoms with Crippen LogP contribution in [-0.4, -0.2) is 13.1 Å². The number of aryl methyl sites for hydroxylation is 1. The molecule has 1 aromatic rings. The van der Waals surface area contributed by atoms with E-state index in [-0.39, 0.29) is 0 Å². The van der Waals surface area contributed by atoms with Crippen LogP contribution < -0.4 is 5.32 Å². The van der Waals surface area contributed by atoms with E-state index in [2.05, 4.69) is 36.5 Å². The van der Waals surface area contributed by atoms with E-state index in [1.54, 1.807) is 0 Å². The third kappa shape index (κ3) is 1.92. The van der Waals surface area contributed by atoms with Crippen LogP contribution in [0.4, 0.5) is 0 Å². The molecule has 0 saturated carbocycles. The van der Waals surface area contributed by atoms with Gasteiger partial charge in [-0.3, -0.25) is 0 Å². The van der Waals surface area contributed by atoms with Gasteiger partial charge in [-0.1, -0.05) is 31.2 Å². The highest BCUT2D eigenvalue weighted by atomic mass is 14.9. The number of nitrogens with one attached hydrogen (secondary N) is 1. The van der Waals surface area contributed by atoms with Gasteiger partial charge < -0.3 is 5.32 Å². The van der Waals surface area contributed by atoms with E-state index in [0.29, 0.717) is 0 Å². The molecular formula is C12H17N. The highest BCUT2D eigenvalue weighted by Crippen LogP contribution is 2.22. The smallest absolute Gasteiger partial charge is 0.00206 e. The van der Waals surface area contributed by atoms with Crippen LogP contribution in [0.3, 0.4) is 0 Å². The molecule has 1 nitrogen and oxygen atoms in total. The summed E-state index contributed by atoms with van der Waals surface area (Å²) in [4.78, 5) is 0.